The predicted molar refractivity (Wildman–Crippen MR) is 61.2 cm³/mol. The Labute approximate surface area is 95.4 Å². The van der Waals surface area contributed by atoms with E-state index in [2.05, 4.69) is 5.10 Å². The Hall–Kier alpha value is -0.830. The van der Waals surface area contributed by atoms with Crippen LogP contribution in [0.1, 0.15) is 32.2 Å². The summed E-state index contributed by atoms with van der Waals surface area (Å²) in [6, 6.07) is 0. The normalized spacial score (nSPS) is 11.1. The summed E-state index contributed by atoms with van der Waals surface area (Å²) in [7, 11) is 0. The van der Waals surface area contributed by atoms with Gasteiger partial charge in [0.2, 0.25) is 0 Å². The molecule has 0 amide bonds. The van der Waals surface area contributed by atoms with Crippen molar-refractivity contribution in [2.45, 2.75) is 40.7 Å². The van der Waals surface area contributed by atoms with Crippen LogP contribution in [0.4, 0.5) is 0 Å². The first-order chi connectivity index (χ1) is 6.97. The molecule has 1 heterocycles. The topological polar surface area (TPSA) is 34.9 Å². The SMILES string of the molecule is CCn1nc(C)c(Cl)c1CC(=O)C(C)C. The van der Waals surface area contributed by atoms with Crippen molar-refractivity contribution in [3.63, 3.8) is 0 Å². The van der Waals surface area contributed by atoms with Crippen molar-refractivity contribution in [3.8, 4) is 0 Å². The van der Waals surface area contributed by atoms with Crippen LogP contribution in [0.5, 0.6) is 0 Å². The van der Waals surface area contributed by atoms with Gasteiger partial charge in [-0.1, -0.05) is 25.4 Å². The zero-order valence-corrected chi connectivity index (χ0v) is 10.4. The van der Waals surface area contributed by atoms with E-state index in [4.69, 9.17) is 11.6 Å². The maximum atomic E-state index is 11.6. The van der Waals surface area contributed by atoms with Crippen LogP contribution in [0.2, 0.25) is 5.02 Å². The molecule has 0 saturated carbocycles. The zero-order chi connectivity index (χ0) is 11.6. The molecule has 4 heteroatoms. The largest absolute Gasteiger partial charge is 0.299 e. The number of carbonyl (C=O) groups is 1. The first kappa shape index (κ1) is 12.2. The number of carbonyl (C=O) groups excluding carboxylic acids is 1. The summed E-state index contributed by atoms with van der Waals surface area (Å²) in [5.74, 6) is 0.244. The lowest BCUT2D eigenvalue weighted by Gasteiger charge is -2.06. The Morgan fingerprint density at radius 1 is 1.53 bits per heavy atom. The Kier molecular flexibility index (Phi) is 3.91. The molecule has 3 nitrogen and oxygen atoms in total. The number of hydrogen-bond acceptors (Lipinski definition) is 2. The van der Waals surface area contributed by atoms with E-state index in [1.54, 1.807) is 4.68 Å². The van der Waals surface area contributed by atoms with Crippen molar-refractivity contribution in [2.24, 2.45) is 5.92 Å². The van der Waals surface area contributed by atoms with Crippen molar-refractivity contribution >= 4 is 17.4 Å². The molecular weight excluding hydrogens is 212 g/mol. The Morgan fingerprint density at radius 3 is 2.60 bits per heavy atom. The Bertz CT molecular complexity index is 369. The minimum absolute atomic E-state index is 0.0431. The van der Waals surface area contributed by atoms with E-state index < -0.39 is 0 Å². The van der Waals surface area contributed by atoms with Crippen molar-refractivity contribution in [1.29, 1.82) is 0 Å². The van der Waals surface area contributed by atoms with Gasteiger partial charge in [-0.3, -0.25) is 9.48 Å². The van der Waals surface area contributed by atoms with Crippen LogP contribution in [-0.2, 0) is 17.8 Å². The molecule has 0 atom stereocenters. The summed E-state index contributed by atoms with van der Waals surface area (Å²) in [5.41, 5.74) is 1.64. The van der Waals surface area contributed by atoms with Gasteiger partial charge >= 0.3 is 0 Å². The standard InChI is InChI=1S/C11H17ClN2O/c1-5-14-9(6-10(15)7(2)3)11(12)8(4)13-14/h7H,5-6H2,1-4H3. The van der Waals surface area contributed by atoms with E-state index in [1.807, 2.05) is 27.7 Å². The third kappa shape index (κ3) is 2.59. The van der Waals surface area contributed by atoms with Gasteiger partial charge in [-0.15, -0.1) is 0 Å². The second-order valence-corrected chi connectivity index (χ2v) is 4.34. The van der Waals surface area contributed by atoms with Gasteiger partial charge in [0.05, 0.1) is 22.8 Å². The zero-order valence-electron chi connectivity index (χ0n) is 9.67. The summed E-state index contributed by atoms with van der Waals surface area (Å²) >= 11 is 6.11. The van der Waals surface area contributed by atoms with Crippen LogP contribution in [0.3, 0.4) is 0 Å². The molecule has 0 saturated heterocycles. The quantitative estimate of drug-likeness (QED) is 0.794. The molecule has 0 fully saturated rings. The van der Waals surface area contributed by atoms with Gasteiger partial charge in [0.15, 0.2) is 0 Å². The number of halogens is 1. The number of nitrogens with zero attached hydrogens (tertiary/aromatic N) is 2. The molecule has 0 bridgehead atoms. The third-order valence-electron chi connectivity index (χ3n) is 2.44. The fourth-order valence-corrected chi connectivity index (χ4v) is 1.61. The highest BCUT2D eigenvalue weighted by molar-refractivity contribution is 6.32. The number of aromatic nitrogens is 2. The molecule has 0 N–H and O–H groups in total. The Morgan fingerprint density at radius 2 is 2.13 bits per heavy atom. The maximum Gasteiger partial charge on any atom is 0.141 e. The molecular formula is C11H17ClN2O. The highest BCUT2D eigenvalue weighted by atomic mass is 35.5. The van der Waals surface area contributed by atoms with Gasteiger partial charge < -0.3 is 0 Å². The number of ketones is 1. The molecule has 15 heavy (non-hydrogen) atoms. The van der Waals surface area contributed by atoms with Gasteiger partial charge in [0.1, 0.15) is 5.78 Å². The van der Waals surface area contributed by atoms with Crippen molar-refractivity contribution < 1.29 is 4.79 Å². The van der Waals surface area contributed by atoms with Gasteiger partial charge in [0, 0.05) is 12.5 Å². The molecule has 0 aliphatic carbocycles. The summed E-state index contributed by atoms with van der Waals surface area (Å²) in [6.07, 6.45) is 0.380. The fraction of sp³-hybridized carbons (Fsp3) is 0.636. The lowest BCUT2D eigenvalue weighted by molar-refractivity contribution is -0.121. The first-order valence-electron chi connectivity index (χ1n) is 5.21. The van der Waals surface area contributed by atoms with Crippen molar-refractivity contribution in [3.05, 3.63) is 16.4 Å². The van der Waals surface area contributed by atoms with E-state index in [1.165, 1.54) is 0 Å². The molecule has 1 aromatic rings. The highest BCUT2D eigenvalue weighted by Gasteiger charge is 2.17. The maximum absolute atomic E-state index is 11.6. The molecule has 0 aromatic carbocycles. The smallest absolute Gasteiger partial charge is 0.141 e. The molecule has 84 valence electrons. The van der Waals surface area contributed by atoms with Crippen LogP contribution in [0.25, 0.3) is 0 Å². The van der Waals surface area contributed by atoms with E-state index in [0.717, 1.165) is 17.9 Å². The summed E-state index contributed by atoms with van der Waals surface area (Å²) in [6.45, 7) is 8.39. The molecule has 0 aliphatic rings. The Balaban J connectivity index is 2.97. The first-order valence-corrected chi connectivity index (χ1v) is 5.59. The lowest BCUT2D eigenvalue weighted by atomic mass is 10.0. The van der Waals surface area contributed by atoms with Gasteiger partial charge in [-0.2, -0.15) is 5.10 Å². The predicted octanol–water partition coefficient (Wildman–Crippen LogP) is 2.63. The number of hydrogen-bond donors (Lipinski definition) is 0. The van der Waals surface area contributed by atoms with Crippen LogP contribution < -0.4 is 0 Å². The van der Waals surface area contributed by atoms with E-state index in [9.17, 15) is 4.79 Å². The number of rotatable bonds is 4. The monoisotopic (exact) mass is 228 g/mol. The summed E-state index contributed by atoms with van der Waals surface area (Å²) < 4.78 is 1.80. The molecule has 0 spiro atoms. The molecule has 0 aliphatic heterocycles. The molecule has 0 radical (unpaired) electrons. The second-order valence-electron chi connectivity index (χ2n) is 3.96. The minimum Gasteiger partial charge on any atom is -0.299 e. The fourth-order valence-electron chi connectivity index (χ4n) is 1.41. The number of Topliss-reactive ketones (excluding diaryl/α,β-unsaturated/α-hetero) is 1. The average Bonchev–Trinajstić information content (AvgIpc) is 2.45. The van der Waals surface area contributed by atoms with Crippen LogP contribution in [0, 0.1) is 12.8 Å². The highest BCUT2D eigenvalue weighted by Crippen LogP contribution is 2.21. The average molecular weight is 229 g/mol. The molecule has 0 unspecified atom stereocenters. The van der Waals surface area contributed by atoms with Gasteiger partial charge in [-0.05, 0) is 13.8 Å². The molecule has 1 aromatic heterocycles. The lowest BCUT2D eigenvalue weighted by Crippen LogP contribution is -2.14. The molecule has 1 rings (SSSR count). The van der Waals surface area contributed by atoms with Crippen LogP contribution in [0.15, 0.2) is 0 Å². The van der Waals surface area contributed by atoms with Gasteiger partial charge in [-0.25, -0.2) is 0 Å². The summed E-state index contributed by atoms with van der Waals surface area (Å²) in [5, 5.41) is 4.90. The van der Waals surface area contributed by atoms with Crippen molar-refractivity contribution in [1.82, 2.24) is 9.78 Å². The summed E-state index contributed by atoms with van der Waals surface area (Å²) in [4.78, 5) is 11.6. The van der Waals surface area contributed by atoms with Crippen LogP contribution in [-0.4, -0.2) is 15.6 Å². The van der Waals surface area contributed by atoms with Crippen molar-refractivity contribution in [2.75, 3.05) is 0 Å². The van der Waals surface area contributed by atoms with E-state index >= 15 is 0 Å². The third-order valence-corrected chi connectivity index (χ3v) is 2.93. The van der Waals surface area contributed by atoms with Gasteiger partial charge in [0.25, 0.3) is 0 Å². The minimum atomic E-state index is 0.0431. The van der Waals surface area contributed by atoms with Crippen LogP contribution >= 0.6 is 11.6 Å². The van der Waals surface area contributed by atoms with E-state index in [0.29, 0.717) is 11.4 Å². The second kappa shape index (κ2) is 4.79. The van der Waals surface area contributed by atoms with E-state index in [-0.39, 0.29) is 11.7 Å². The number of aryl methyl sites for hydroxylation is 2.